The Morgan fingerprint density at radius 2 is 2.09 bits per heavy atom. The number of primary amides is 1. The zero-order valence-corrected chi connectivity index (χ0v) is 12.3. The van der Waals surface area contributed by atoms with Crippen LogP contribution in [0.2, 0.25) is 0 Å². The van der Waals surface area contributed by atoms with Crippen molar-refractivity contribution in [2.45, 2.75) is 13.0 Å². The van der Waals surface area contributed by atoms with Crippen LogP contribution in [-0.2, 0) is 0 Å². The third kappa shape index (κ3) is 4.36. The predicted octanol–water partition coefficient (Wildman–Crippen LogP) is 3.12. The maximum atomic E-state index is 10.8. The van der Waals surface area contributed by atoms with Crippen LogP contribution in [0.3, 0.4) is 0 Å². The Morgan fingerprint density at radius 3 is 2.70 bits per heavy atom. The highest BCUT2D eigenvalue weighted by Crippen LogP contribution is 2.24. The third-order valence-electron chi connectivity index (χ3n) is 2.95. The lowest BCUT2D eigenvalue weighted by Crippen LogP contribution is -2.38. The average Bonchev–Trinajstić information content (AvgIpc) is 3.00. The first-order valence-electron chi connectivity index (χ1n) is 6.73. The summed E-state index contributed by atoms with van der Waals surface area (Å²) in [5.74, 6) is 1.30. The highest BCUT2D eigenvalue weighted by molar-refractivity contribution is 5.71. The Morgan fingerprint density at radius 1 is 1.39 bits per heavy atom. The van der Waals surface area contributed by atoms with Gasteiger partial charge < -0.3 is 14.9 Å². The normalized spacial score (nSPS) is 11.9. The van der Waals surface area contributed by atoms with Gasteiger partial charge in [-0.15, -0.1) is 0 Å². The van der Waals surface area contributed by atoms with E-state index in [0.717, 1.165) is 0 Å². The maximum absolute atomic E-state index is 10.8. The molecular weight excluding hydrogens is 298 g/mol. The Balaban J connectivity index is 2.00. The van der Waals surface area contributed by atoms with E-state index in [2.05, 4.69) is 0 Å². The number of nitrogens with two attached hydrogens (primary N) is 1. The number of benzene rings is 1. The molecule has 0 saturated carbocycles. The fraction of sp³-hybridized carbons (Fsp3) is 0.125. The van der Waals surface area contributed by atoms with Crippen LogP contribution in [-0.4, -0.2) is 22.3 Å². The summed E-state index contributed by atoms with van der Waals surface area (Å²) in [5, 5.41) is 18.5. The van der Waals surface area contributed by atoms with Gasteiger partial charge in [-0.2, -0.15) is 10.3 Å². The molecule has 1 aromatic heterocycles. The van der Waals surface area contributed by atoms with E-state index >= 15 is 0 Å². The Bertz CT molecular complexity index is 743. The van der Waals surface area contributed by atoms with Crippen molar-refractivity contribution >= 4 is 12.1 Å². The number of ether oxygens (including phenoxy) is 1. The first kappa shape index (κ1) is 16.1. The second-order valence-electron chi connectivity index (χ2n) is 4.68. The summed E-state index contributed by atoms with van der Waals surface area (Å²) in [6.45, 7) is 1.60. The molecule has 0 aliphatic heterocycles. The molecule has 0 fully saturated rings. The molecule has 3 N–H and O–H groups in total. The fourth-order valence-electron chi connectivity index (χ4n) is 1.71. The standard InChI is InChI=1S/C16H15N3O4/c1-11(19(21)16(18)20)2-5-13-8-9-15(22-13)23-14-6-3-12(10-17)4-7-14/h2-9,11,21H,1H3,(H2,18,20)/b5-2+. The first-order valence-corrected chi connectivity index (χ1v) is 6.73. The van der Waals surface area contributed by atoms with Crippen LogP contribution >= 0.6 is 0 Å². The molecule has 2 rings (SSSR count). The van der Waals surface area contributed by atoms with Gasteiger partial charge in [-0.1, -0.05) is 6.08 Å². The number of hydrogen-bond acceptors (Lipinski definition) is 5. The van der Waals surface area contributed by atoms with E-state index in [1.807, 2.05) is 6.07 Å². The number of urea groups is 1. The largest absolute Gasteiger partial charge is 0.426 e. The van der Waals surface area contributed by atoms with Crippen molar-refractivity contribution in [1.82, 2.24) is 5.06 Å². The number of hydrogen-bond donors (Lipinski definition) is 2. The number of nitrogens with zero attached hydrogens (tertiary/aromatic N) is 2. The van der Waals surface area contributed by atoms with Gasteiger partial charge in [0.2, 0.25) is 0 Å². The van der Waals surface area contributed by atoms with Crippen LogP contribution in [0.1, 0.15) is 18.2 Å². The number of amides is 2. The van der Waals surface area contributed by atoms with Crippen molar-refractivity contribution in [3.63, 3.8) is 0 Å². The molecule has 1 heterocycles. The van der Waals surface area contributed by atoms with E-state index in [1.165, 1.54) is 0 Å². The lowest BCUT2D eigenvalue weighted by molar-refractivity contribution is -0.0560. The molecule has 7 nitrogen and oxygen atoms in total. The van der Waals surface area contributed by atoms with Crippen LogP contribution in [0, 0.1) is 11.3 Å². The molecule has 1 unspecified atom stereocenters. The summed E-state index contributed by atoms with van der Waals surface area (Å²) in [6, 6.07) is 10.4. The van der Waals surface area contributed by atoms with Gasteiger partial charge in [0.05, 0.1) is 17.7 Å². The van der Waals surface area contributed by atoms with Gasteiger partial charge in [-0.3, -0.25) is 5.21 Å². The third-order valence-corrected chi connectivity index (χ3v) is 2.95. The van der Waals surface area contributed by atoms with Gasteiger partial charge in [0.25, 0.3) is 5.95 Å². The summed E-state index contributed by atoms with van der Waals surface area (Å²) in [7, 11) is 0. The summed E-state index contributed by atoms with van der Waals surface area (Å²) < 4.78 is 11.0. The van der Waals surface area contributed by atoms with Crippen LogP contribution in [0.15, 0.2) is 46.9 Å². The minimum Gasteiger partial charge on any atom is -0.426 e. The minimum absolute atomic E-state index is 0.276. The zero-order chi connectivity index (χ0) is 16.8. The Labute approximate surface area is 132 Å². The number of carbonyl (C=O) groups is 1. The lowest BCUT2D eigenvalue weighted by Gasteiger charge is -2.16. The molecule has 0 spiro atoms. The monoisotopic (exact) mass is 313 g/mol. The lowest BCUT2D eigenvalue weighted by atomic mass is 10.2. The van der Waals surface area contributed by atoms with E-state index in [0.29, 0.717) is 22.1 Å². The van der Waals surface area contributed by atoms with Gasteiger partial charge in [-0.25, -0.2) is 4.79 Å². The first-order chi connectivity index (χ1) is 11.0. The molecule has 118 valence electrons. The van der Waals surface area contributed by atoms with E-state index in [9.17, 15) is 10.0 Å². The molecule has 0 radical (unpaired) electrons. The van der Waals surface area contributed by atoms with Crippen LogP contribution in [0.4, 0.5) is 4.79 Å². The molecule has 0 aliphatic carbocycles. The highest BCUT2D eigenvalue weighted by Gasteiger charge is 2.11. The van der Waals surface area contributed by atoms with Gasteiger partial charge in [0, 0.05) is 6.07 Å². The zero-order valence-electron chi connectivity index (χ0n) is 12.3. The highest BCUT2D eigenvalue weighted by atomic mass is 16.6. The van der Waals surface area contributed by atoms with Crippen molar-refractivity contribution in [3.8, 4) is 17.8 Å². The molecule has 2 aromatic rings. The summed E-state index contributed by atoms with van der Waals surface area (Å²) in [4.78, 5) is 10.8. The van der Waals surface area contributed by atoms with Crippen molar-refractivity contribution in [2.75, 3.05) is 0 Å². The van der Waals surface area contributed by atoms with Crippen LogP contribution in [0.5, 0.6) is 11.7 Å². The molecule has 1 aromatic carbocycles. The molecule has 0 saturated heterocycles. The molecular formula is C16H15N3O4. The van der Waals surface area contributed by atoms with Crippen LogP contribution < -0.4 is 10.5 Å². The summed E-state index contributed by atoms with van der Waals surface area (Å²) in [6.07, 6.45) is 3.14. The molecule has 0 aliphatic rings. The molecule has 2 amide bonds. The Hall–Kier alpha value is -3.24. The fourth-order valence-corrected chi connectivity index (χ4v) is 1.71. The second-order valence-corrected chi connectivity index (χ2v) is 4.68. The van der Waals surface area contributed by atoms with Gasteiger partial charge in [-0.05, 0) is 43.3 Å². The topological polar surface area (TPSA) is 113 Å². The molecule has 0 bridgehead atoms. The van der Waals surface area contributed by atoms with Gasteiger partial charge >= 0.3 is 6.03 Å². The second kappa shape index (κ2) is 7.15. The van der Waals surface area contributed by atoms with Gasteiger partial charge in [0.15, 0.2) is 0 Å². The van der Waals surface area contributed by atoms with E-state index in [4.69, 9.17) is 20.1 Å². The number of furan rings is 1. The smallest absolute Gasteiger partial charge is 0.339 e. The molecule has 7 heteroatoms. The van der Waals surface area contributed by atoms with Crippen molar-refractivity contribution in [1.29, 1.82) is 5.26 Å². The van der Waals surface area contributed by atoms with E-state index < -0.39 is 12.1 Å². The predicted molar refractivity (Wildman–Crippen MR) is 81.6 cm³/mol. The number of carbonyl (C=O) groups excluding carboxylic acids is 1. The maximum Gasteiger partial charge on any atom is 0.339 e. The Kier molecular flexibility index (Phi) is 5.02. The van der Waals surface area contributed by atoms with E-state index in [1.54, 1.807) is 55.5 Å². The number of nitriles is 1. The van der Waals surface area contributed by atoms with Crippen molar-refractivity contribution < 1.29 is 19.2 Å². The quantitative estimate of drug-likeness (QED) is 0.650. The van der Waals surface area contributed by atoms with Crippen molar-refractivity contribution in [2.24, 2.45) is 5.73 Å². The minimum atomic E-state index is -0.938. The van der Waals surface area contributed by atoms with Gasteiger partial charge in [0.1, 0.15) is 11.5 Å². The number of rotatable bonds is 5. The summed E-state index contributed by atoms with van der Waals surface area (Å²) in [5.41, 5.74) is 5.50. The van der Waals surface area contributed by atoms with E-state index in [-0.39, 0.29) is 5.95 Å². The number of hydroxylamine groups is 2. The average molecular weight is 313 g/mol. The summed E-state index contributed by atoms with van der Waals surface area (Å²) >= 11 is 0. The SMILES string of the molecule is CC(/C=C/c1ccc(Oc2ccc(C#N)cc2)o1)N(O)C(N)=O. The molecule has 23 heavy (non-hydrogen) atoms. The van der Waals surface area contributed by atoms with Crippen LogP contribution in [0.25, 0.3) is 6.08 Å². The molecule has 1 atom stereocenters. The van der Waals surface area contributed by atoms with Crippen molar-refractivity contribution in [3.05, 3.63) is 53.8 Å².